The van der Waals surface area contributed by atoms with Crippen molar-refractivity contribution in [3.05, 3.63) is 29.8 Å². The van der Waals surface area contributed by atoms with E-state index in [0.29, 0.717) is 4.90 Å². The zero-order valence-corrected chi connectivity index (χ0v) is 18.4. The highest BCUT2D eigenvalue weighted by Crippen LogP contribution is 2.15. The zero-order valence-electron chi connectivity index (χ0n) is 17.6. The quantitative estimate of drug-likeness (QED) is 0.373. The van der Waals surface area contributed by atoms with Gasteiger partial charge in [-0.15, -0.1) is 0 Å². The standard InChI is InChI=1S/C21H36N4O2S/c1-4-22-21(23-13-6-16-25-15-5-7-18(2)17-25)24-14-12-19-8-10-20(11-9-19)28(3,26)27/h8-11,18H,4-7,12-17H2,1-3H3,(H2,22,23,24). The summed E-state index contributed by atoms with van der Waals surface area (Å²) in [6, 6.07) is 7.10. The van der Waals surface area contributed by atoms with E-state index in [1.807, 2.05) is 12.1 Å². The molecule has 1 aliphatic heterocycles. The molecule has 0 radical (unpaired) electrons. The maximum atomic E-state index is 11.5. The summed E-state index contributed by atoms with van der Waals surface area (Å²) in [4.78, 5) is 7.61. The summed E-state index contributed by atoms with van der Waals surface area (Å²) in [6.45, 7) is 10.4. The number of likely N-dealkylation sites (tertiary alicyclic amines) is 1. The highest BCUT2D eigenvalue weighted by atomic mass is 32.2. The molecule has 0 bridgehead atoms. The number of nitrogens with zero attached hydrogens (tertiary/aromatic N) is 2. The van der Waals surface area contributed by atoms with Gasteiger partial charge in [-0.2, -0.15) is 0 Å². The van der Waals surface area contributed by atoms with Crippen LogP contribution in [0.3, 0.4) is 0 Å². The van der Waals surface area contributed by atoms with Gasteiger partial charge in [0.15, 0.2) is 15.8 Å². The maximum Gasteiger partial charge on any atom is 0.191 e. The molecule has 7 heteroatoms. The zero-order chi connectivity index (χ0) is 20.4. The number of sulfone groups is 1. The van der Waals surface area contributed by atoms with Crippen LogP contribution in [-0.4, -0.2) is 64.8 Å². The Bertz CT molecular complexity index is 716. The molecule has 2 rings (SSSR count). The van der Waals surface area contributed by atoms with Crippen LogP contribution < -0.4 is 10.6 Å². The molecule has 0 spiro atoms. The van der Waals surface area contributed by atoms with E-state index in [1.165, 1.54) is 32.2 Å². The van der Waals surface area contributed by atoms with Crippen LogP contribution in [0.5, 0.6) is 0 Å². The molecule has 158 valence electrons. The second-order valence-electron chi connectivity index (χ2n) is 7.76. The van der Waals surface area contributed by atoms with E-state index >= 15 is 0 Å². The normalized spacial score (nSPS) is 18.8. The SMILES string of the molecule is CCNC(=NCCCN1CCCC(C)C1)NCCc1ccc(S(C)(=O)=O)cc1. The Hall–Kier alpha value is -1.60. The van der Waals surface area contributed by atoms with Crippen LogP contribution in [0.25, 0.3) is 0 Å². The van der Waals surface area contributed by atoms with Crippen LogP contribution in [-0.2, 0) is 16.3 Å². The van der Waals surface area contributed by atoms with E-state index in [2.05, 4.69) is 34.4 Å². The van der Waals surface area contributed by atoms with Gasteiger partial charge < -0.3 is 15.5 Å². The fraction of sp³-hybridized carbons (Fsp3) is 0.667. The highest BCUT2D eigenvalue weighted by molar-refractivity contribution is 7.90. The number of piperidine rings is 1. The molecule has 1 fully saturated rings. The molecule has 28 heavy (non-hydrogen) atoms. The fourth-order valence-electron chi connectivity index (χ4n) is 3.55. The van der Waals surface area contributed by atoms with Gasteiger partial charge in [-0.3, -0.25) is 4.99 Å². The van der Waals surface area contributed by atoms with Crippen molar-refractivity contribution in [2.24, 2.45) is 10.9 Å². The molecular formula is C21H36N4O2S. The Morgan fingerprint density at radius 1 is 1.25 bits per heavy atom. The molecule has 6 nitrogen and oxygen atoms in total. The summed E-state index contributed by atoms with van der Waals surface area (Å²) in [5.74, 6) is 1.67. The predicted molar refractivity (Wildman–Crippen MR) is 117 cm³/mol. The third-order valence-corrected chi connectivity index (χ3v) is 6.17. The molecule has 1 heterocycles. The summed E-state index contributed by atoms with van der Waals surface area (Å²) in [5, 5.41) is 6.66. The minimum absolute atomic E-state index is 0.363. The molecular weight excluding hydrogens is 372 g/mol. The molecule has 1 saturated heterocycles. The molecule has 2 N–H and O–H groups in total. The summed E-state index contributed by atoms with van der Waals surface area (Å²) in [7, 11) is -3.13. The van der Waals surface area contributed by atoms with Gasteiger partial charge in [0.2, 0.25) is 0 Å². The third-order valence-electron chi connectivity index (χ3n) is 5.05. The smallest absolute Gasteiger partial charge is 0.191 e. The van der Waals surface area contributed by atoms with Gasteiger partial charge >= 0.3 is 0 Å². The monoisotopic (exact) mass is 408 g/mol. The van der Waals surface area contributed by atoms with Crippen LogP contribution in [0.1, 0.15) is 38.7 Å². The Kier molecular flexibility index (Phi) is 9.25. The average molecular weight is 409 g/mol. The molecule has 0 saturated carbocycles. The molecule has 0 amide bonds. The van der Waals surface area contributed by atoms with Crippen LogP contribution in [0.4, 0.5) is 0 Å². The van der Waals surface area contributed by atoms with Crippen molar-refractivity contribution in [3.63, 3.8) is 0 Å². The van der Waals surface area contributed by atoms with Crippen molar-refractivity contribution in [2.45, 2.75) is 44.4 Å². The molecule has 1 aliphatic rings. The molecule has 1 atom stereocenters. The van der Waals surface area contributed by atoms with Crippen molar-refractivity contribution in [1.29, 1.82) is 0 Å². The number of benzene rings is 1. The lowest BCUT2D eigenvalue weighted by Crippen LogP contribution is -2.38. The minimum Gasteiger partial charge on any atom is -0.357 e. The summed E-state index contributed by atoms with van der Waals surface area (Å²) >= 11 is 0. The number of nitrogens with one attached hydrogen (secondary N) is 2. The van der Waals surface area contributed by atoms with E-state index in [0.717, 1.165) is 56.5 Å². The lowest BCUT2D eigenvalue weighted by atomic mass is 10.0. The van der Waals surface area contributed by atoms with Crippen molar-refractivity contribution in [2.75, 3.05) is 45.5 Å². The second kappa shape index (κ2) is 11.4. The van der Waals surface area contributed by atoms with E-state index in [4.69, 9.17) is 0 Å². The van der Waals surface area contributed by atoms with Gasteiger partial charge in [0.25, 0.3) is 0 Å². The first kappa shape index (κ1) is 22.7. The van der Waals surface area contributed by atoms with E-state index in [-0.39, 0.29) is 0 Å². The second-order valence-corrected chi connectivity index (χ2v) is 9.77. The lowest BCUT2D eigenvalue weighted by molar-refractivity contribution is 0.183. The van der Waals surface area contributed by atoms with Crippen LogP contribution in [0.15, 0.2) is 34.2 Å². The Balaban J connectivity index is 1.73. The number of rotatable bonds is 9. The third kappa shape index (κ3) is 8.19. The van der Waals surface area contributed by atoms with Gasteiger partial charge in [-0.25, -0.2) is 8.42 Å². The van der Waals surface area contributed by atoms with Crippen molar-refractivity contribution in [3.8, 4) is 0 Å². The van der Waals surface area contributed by atoms with Gasteiger partial charge in [0.1, 0.15) is 0 Å². The van der Waals surface area contributed by atoms with Crippen molar-refractivity contribution in [1.82, 2.24) is 15.5 Å². The number of aliphatic imine (C=N–C) groups is 1. The number of hydrogen-bond donors (Lipinski definition) is 2. The van der Waals surface area contributed by atoms with Crippen LogP contribution in [0, 0.1) is 5.92 Å². The molecule has 1 aromatic carbocycles. The summed E-state index contributed by atoms with van der Waals surface area (Å²) in [6.07, 6.45) is 5.81. The first-order valence-corrected chi connectivity index (χ1v) is 12.3. The van der Waals surface area contributed by atoms with Gasteiger partial charge in [-0.1, -0.05) is 19.1 Å². The average Bonchev–Trinajstić information content (AvgIpc) is 2.65. The largest absolute Gasteiger partial charge is 0.357 e. The first-order valence-electron chi connectivity index (χ1n) is 10.4. The Morgan fingerprint density at radius 2 is 2.00 bits per heavy atom. The summed E-state index contributed by atoms with van der Waals surface area (Å²) < 4.78 is 23.0. The number of hydrogen-bond acceptors (Lipinski definition) is 4. The molecule has 0 aliphatic carbocycles. The maximum absolute atomic E-state index is 11.5. The van der Waals surface area contributed by atoms with Crippen molar-refractivity contribution < 1.29 is 8.42 Å². The molecule has 0 aromatic heterocycles. The predicted octanol–water partition coefficient (Wildman–Crippen LogP) is 2.31. The fourth-order valence-corrected chi connectivity index (χ4v) is 4.18. The van der Waals surface area contributed by atoms with E-state index in [1.54, 1.807) is 12.1 Å². The first-order chi connectivity index (χ1) is 13.4. The van der Waals surface area contributed by atoms with E-state index in [9.17, 15) is 8.42 Å². The molecule has 1 unspecified atom stereocenters. The van der Waals surface area contributed by atoms with Gasteiger partial charge in [-0.05, 0) is 69.3 Å². The topological polar surface area (TPSA) is 73.8 Å². The Labute approximate surface area is 170 Å². The van der Waals surface area contributed by atoms with Crippen molar-refractivity contribution >= 4 is 15.8 Å². The van der Waals surface area contributed by atoms with Crippen LogP contribution in [0.2, 0.25) is 0 Å². The lowest BCUT2D eigenvalue weighted by Gasteiger charge is -2.30. The Morgan fingerprint density at radius 3 is 2.64 bits per heavy atom. The van der Waals surface area contributed by atoms with Gasteiger partial charge in [0.05, 0.1) is 4.90 Å². The van der Waals surface area contributed by atoms with Crippen LogP contribution >= 0.6 is 0 Å². The molecule has 1 aromatic rings. The minimum atomic E-state index is -3.13. The van der Waals surface area contributed by atoms with Gasteiger partial charge in [0, 0.05) is 32.4 Å². The summed E-state index contributed by atoms with van der Waals surface area (Å²) in [5.41, 5.74) is 1.11. The van der Waals surface area contributed by atoms with E-state index < -0.39 is 9.84 Å². The number of guanidine groups is 1. The highest BCUT2D eigenvalue weighted by Gasteiger charge is 2.15.